The number of aliphatic imine (C=N–C) groups is 1. The molecule has 0 bridgehead atoms. The van der Waals surface area contributed by atoms with Crippen LogP contribution in [0.15, 0.2) is 102 Å². The fourth-order valence-corrected chi connectivity index (χ4v) is 4.95. The Labute approximate surface area is 242 Å². The summed E-state index contributed by atoms with van der Waals surface area (Å²) in [6.45, 7) is 3.01. The highest BCUT2D eigenvalue weighted by Crippen LogP contribution is 2.36. The predicted octanol–water partition coefficient (Wildman–Crippen LogP) is 5.18. The number of hydroxylamine groups is 2. The van der Waals surface area contributed by atoms with E-state index in [0.717, 1.165) is 29.9 Å². The molecule has 9 nitrogen and oxygen atoms in total. The van der Waals surface area contributed by atoms with Gasteiger partial charge in [-0.25, -0.2) is 4.39 Å². The molecule has 0 radical (unpaired) electrons. The minimum atomic E-state index is -0.581. The Morgan fingerprint density at radius 1 is 1.07 bits per heavy atom. The molecule has 10 heteroatoms. The lowest BCUT2D eigenvalue weighted by Gasteiger charge is -2.32. The molecule has 1 amide bonds. The Morgan fingerprint density at radius 2 is 1.90 bits per heavy atom. The molecule has 2 aromatic carbocycles. The SMILES string of the molecule is O=C(NC1=CC=CC(c2ccc(Oc3ccncc3-c3ccc(N4CCN(O)CC4)cc3)c(F)c2)O1)C1=CCC=NC1. The van der Waals surface area contributed by atoms with Gasteiger partial charge in [-0.1, -0.05) is 30.4 Å². The molecule has 0 saturated carbocycles. The van der Waals surface area contributed by atoms with Crippen LogP contribution in [-0.2, 0) is 9.53 Å². The zero-order valence-corrected chi connectivity index (χ0v) is 22.8. The monoisotopic (exact) mass is 567 g/mol. The summed E-state index contributed by atoms with van der Waals surface area (Å²) in [5.74, 6) is 0.0110. The Bertz CT molecular complexity index is 1580. The van der Waals surface area contributed by atoms with Crippen molar-refractivity contribution in [3.05, 3.63) is 108 Å². The van der Waals surface area contributed by atoms with Crippen LogP contribution in [0.5, 0.6) is 11.5 Å². The van der Waals surface area contributed by atoms with Gasteiger partial charge in [0.05, 0.1) is 6.54 Å². The number of carbonyl (C=O) groups is 1. The summed E-state index contributed by atoms with van der Waals surface area (Å²) in [6.07, 6.45) is 12.1. The van der Waals surface area contributed by atoms with Crippen molar-refractivity contribution in [2.45, 2.75) is 12.5 Å². The number of piperazine rings is 1. The zero-order chi connectivity index (χ0) is 28.9. The molecule has 42 heavy (non-hydrogen) atoms. The van der Waals surface area contributed by atoms with Crippen molar-refractivity contribution in [1.29, 1.82) is 0 Å². The Morgan fingerprint density at radius 3 is 2.67 bits per heavy atom. The summed E-state index contributed by atoms with van der Waals surface area (Å²) >= 11 is 0. The zero-order valence-electron chi connectivity index (χ0n) is 22.8. The number of nitrogens with zero attached hydrogens (tertiary/aromatic N) is 4. The summed E-state index contributed by atoms with van der Waals surface area (Å²) in [7, 11) is 0. The van der Waals surface area contributed by atoms with Crippen LogP contribution in [0.3, 0.4) is 0 Å². The summed E-state index contributed by atoms with van der Waals surface area (Å²) < 4.78 is 27.3. The smallest absolute Gasteiger partial charge is 0.255 e. The molecule has 6 rings (SSSR count). The third-order valence-electron chi connectivity index (χ3n) is 7.26. The number of hydrogen-bond donors (Lipinski definition) is 2. The first-order chi connectivity index (χ1) is 20.5. The van der Waals surface area contributed by atoms with Gasteiger partial charge in [-0.3, -0.25) is 20.1 Å². The van der Waals surface area contributed by atoms with E-state index in [4.69, 9.17) is 9.47 Å². The topological polar surface area (TPSA) is 99.5 Å². The van der Waals surface area contributed by atoms with Gasteiger partial charge in [-0.05, 0) is 53.6 Å². The first kappa shape index (κ1) is 27.4. The van der Waals surface area contributed by atoms with Crippen molar-refractivity contribution in [1.82, 2.24) is 15.4 Å². The maximum Gasteiger partial charge on any atom is 0.255 e. The van der Waals surface area contributed by atoms with E-state index in [-0.39, 0.29) is 17.5 Å². The number of halogens is 1. The molecule has 1 fully saturated rings. The third-order valence-corrected chi connectivity index (χ3v) is 7.26. The Kier molecular flexibility index (Phi) is 8.07. The van der Waals surface area contributed by atoms with Gasteiger partial charge in [0.1, 0.15) is 11.9 Å². The third kappa shape index (κ3) is 6.24. The molecule has 2 N–H and O–H groups in total. The van der Waals surface area contributed by atoms with Crippen LogP contribution in [0, 0.1) is 5.82 Å². The van der Waals surface area contributed by atoms with Crippen LogP contribution in [0.1, 0.15) is 18.1 Å². The average molecular weight is 568 g/mol. The number of benzene rings is 2. The molecule has 214 valence electrons. The number of rotatable bonds is 7. The molecular formula is C32H30FN5O4. The van der Waals surface area contributed by atoms with Gasteiger partial charge in [-0.2, -0.15) is 5.06 Å². The number of amides is 1. The van der Waals surface area contributed by atoms with Crippen LogP contribution < -0.4 is 15.0 Å². The van der Waals surface area contributed by atoms with Crippen molar-refractivity contribution >= 4 is 17.8 Å². The first-order valence-electron chi connectivity index (χ1n) is 13.8. The lowest BCUT2D eigenvalue weighted by atomic mass is 10.1. The van der Waals surface area contributed by atoms with Gasteiger partial charge in [-0.15, -0.1) is 0 Å². The maximum absolute atomic E-state index is 15.3. The fraction of sp³-hybridized carbons (Fsp3) is 0.219. The van der Waals surface area contributed by atoms with E-state index in [1.807, 2.05) is 30.3 Å². The number of pyridine rings is 1. The second-order valence-electron chi connectivity index (χ2n) is 10.0. The standard InChI is InChI=1S/C32H30FN5O4/c33-27-19-23(28-4-1-5-31(42-28)36-32(39)24-3-2-13-34-20-24)8-11-30(27)41-29-12-14-35-21-26(29)22-6-9-25(10-7-22)37-15-17-38(40)18-16-37/h1,3-14,19,21,28,40H,2,15-18,20H2,(H,36,39). The van der Waals surface area contributed by atoms with Crippen LogP contribution >= 0.6 is 0 Å². The van der Waals surface area contributed by atoms with Crippen LogP contribution in [0.2, 0.25) is 0 Å². The summed E-state index contributed by atoms with van der Waals surface area (Å²) in [6, 6.07) is 14.4. The maximum atomic E-state index is 15.3. The highest BCUT2D eigenvalue weighted by Gasteiger charge is 2.21. The minimum absolute atomic E-state index is 0.0679. The second-order valence-corrected chi connectivity index (χ2v) is 10.0. The van der Waals surface area contributed by atoms with Crippen LogP contribution in [-0.4, -0.2) is 60.1 Å². The number of allylic oxidation sites excluding steroid dienone is 3. The molecule has 1 saturated heterocycles. The summed E-state index contributed by atoms with van der Waals surface area (Å²) in [4.78, 5) is 23.1. The second kappa shape index (κ2) is 12.4. The molecule has 3 aliphatic rings. The van der Waals surface area contributed by atoms with Gasteiger partial charge in [0.2, 0.25) is 0 Å². The van der Waals surface area contributed by atoms with Gasteiger partial charge >= 0.3 is 0 Å². The number of nitrogens with one attached hydrogen (secondary N) is 1. The highest BCUT2D eigenvalue weighted by atomic mass is 19.1. The number of anilines is 1. The van der Waals surface area contributed by atoms with E-state index >= 15 is 4.39 Å². The van der Waals surface area contributed by atoms with E-state index in [2.05, 4.69) is 20.2 Å². The molecule has 0 aliphatic carbocycles. The molecule has 1 atom stereocenters. The van der Waals surface area contributed by atoms with Crippen molar-refractivity contribution < 1.29 is 23.9 Å². The summed E-state index contributed by atoms with van der Waals surface area (Å²) in [5.41, 5.74) is 3.84. The quantitative estimate of drug-likeness (QED) is 0.406. The van der Waals surface area contributed by atoms with E-state index in [9.17, 15) is 10.0 Å². The first-order valence-corrected chi connectivity index (χ1v) is 13.8. The Balaban J connectivity index is 1.13. The molecular weight excluding hydrogens is 537 g/mol. The van der Waals surface area contributed by atoms with E-state index < -0.39 is 11.9 Å². The Hall–Kier alpha value is -4.80. The van der Waals surface area contributed by atoms with E-state index in [1.165, 1.54) is 11.1 Å². The number of hydrogen-bond acceptors (Lipinski definition) is 8. The number of dihydropyridines is 1. The molecule has 3 aliphatic heterocycles. The minimum Gasteiger partial charge on any atom is -0.467 e. The van der Waals surface area contributed by atoms with Crippen LogP contribution in [0.25, 0.3) is 11.1 Å². The molecule has 3 aromatic rings. The van der Waals surface area contributed by atoms with E-state index in [1.54, 1.807) is 55.0 Å². The van der Waals surface area contributed by atoms with Gasteiger partial charge < -0.3 is 19.6 Å². The van der Waals surface area contributed by atoms with E-state index in [0.29, 0.717) is 42.9 Å². The molecule has 4 heterocycles. The predicted molar refractivity (Wildman–Crippen MR) is 157 cm³/mol. The lowest BCUT2D eigenvalue weighted by molar-refractivity contribution is -0.117. The number of ether oxygens (including phenoxy) is 2. The normalized spacial score (nSPS) is 18.6. The fourth-order valence-electron chi connectivity index (χ4n) is 4.95. The van der Waals surface area contributed by atoms with Crippen molar-refractivity contribution in [2.24, 2.45) is 4.99 Å². The average Bonchev–Trinajstić information content (AvgIpc) is 3.03. The molecule has 0 spiro atoms. The van der Waals surface area contributed by atoms with Crippen molar-refractivity contribution in [3.63, 3.8) is 0 Å². The largest absolute Gasteiger partial charge is 0.467 e. The summed E-state index contributed by atoms with van der Waals surface area (Å²) in [5, 5.41) is 13.7. The van der Waals surface area contributed by atoms with Gasteiger partial charge in [0.25, 0.3) is 5.91 Å². The lowest BCUT2D eigenvalue weighted by Crippen LogP contribution is -2.44. The molecule has 1 unspecified atom stereocenters. The van der Waals surface area contributed by atoms with Gasteiger partial charge in [0, 0.05) is 68.0 Å². The van der Waals surface area contributed by atoms with Gasteiger partial charge in [0.15, 0.2) is 17.4 Å². The number of carbonyl (C=O) groups excluding carboxylic acids is 1. The van der Waals surface area contributed by atoms with Crippen molar-refractivity contribution in [2.75, 3.05) is 37.6 Å². The highest BCUT2D eigenvalue weighted by molar-refractivity contribution is 5.96. The van der Waals surface area contributed by atoms with Crippen molar-refractivity contribution in [3.8, 4) is 22.6 Å². The van der Waals surface area contributed by atoms with Crippen LogP contribution in [0.4, 0.5) is 10.1 Å². The molecule has 1 aromatic heterocycles. The number of aromatic nitrogens is 1.